The van der Waals surface area contributed by atoms with E-state index in [9.17, 15) is 14.7 Å². The Kier molecular flexibility index (Phi) is 7.36. The van der Waals surface area contributed by atoms with Crippen LogP contribution in [0.3, 0.4) is 0 Å². The number of hydrogen-bond acceptors (Lipinski definition) is 5. The van der Waals surface area contributed by atoms with E-state index < -0.39 is 17.7 Å². The van der Waals surface area contributed by atoms with E-state index in [1.807, 2.05) is 37.3 Å². The molecule has 0 saturated carbocycles. The summed E-state index contributed by atoms with van der Waals surface area (Å²) in [7, 11) is 1.49. The van der Waals surface area contributed by atoms with Gasteiger partial charge >= 0.3 is 0 Å². The van der Waals surface area contributed by atoms with E-state index in [-0.39, 0.29) is 16.4 Å². The lowest BCUT2D eigenvalue weighted by Gasteiger charge is -2.26. The van der Waals surface area contributed by atoms with E-state index in [0.717, 1.165) is 5.56 Å². The van der Waals surface area contributed by atoms with Crippen molar-refractivity contribution in [3.63, 3.8) is 0 Å². The van der Waals surface area contributed by atoms with Crippen LogP contribution in [0.2, 0.25) is 5.02 Å². The number of methoxy groups -OCH3 is 1. The summed E-state index contributed by atoms with van der Waals surface area (Å²) in [4.78, 5) is 28.2. The summed E-state index contributed by atoms with van der Waals surface area (Å²) >= 11 is 6.28. The van der Waals surface area contributed by atoms with Gasteiger partial charge in [0.05, 0.1) is 30.4 Å². The molecule has 1 heterocycles. The van der Waals surface area contributed by atoms with E-state index in [0.29, 0.717) is 40.8 Å². The van der Waals surface area contributed by atoms with Gasteiger partial charge in [0.2, 0.25) is 0 Å². The normalized spacial score (nSPS) is 17.1. The minimum Gasteiger partial charge on any atom is -0.507 e. The molecule has 3 aromatic carbocycles. The molecule has 6 nitrogen and oxygen atoms in total. The average Bonchev–Trinajstić information content (AvgIpc) is 3.14. The molecule has 1 atom stereocenters. The highest BCUT2D eigenvalue weighted by atomic mass is 35.5. The third kappa shape index (κ3) is 4.69. The second kappa shape index (κ2) is 10.5. The lowest BCUT2D eigenvalue weighted by Crippen LogP contribution is -2.29. The predicted octanol–water partition coefficient (Wildman–Crippen LogP) is 6.50. The van der Waals surface area contributed by atoms with Crippen LogP contribution < -0.4 is 14.4 Å². The first kappa shape index (κ1) is 25.3. The molecule has 3 aromatic rings. The highest BCUT2D eigenvalue weighted by Crippen LogP contribution is 2.43. The number of carbonyl (C=O) groups is 2. The van der Waals surface area contributed by atoms with Crippen LogP contribution >= 0.6 is 11.6 Å². The van der Waals surface area contributed by atoms with E-state index in [1.165, 1.54) is 18.1 Å². The molecule has 1 aliphatic rings. The maximum absolute atomic E-state index is 13.4. The number of aliphatic hydroxyl groups excluding tert-OH is 1. The quantitative estimate of drug-likeness (QED) is 0.225. The molecular formula is C29H28ClNO5. The SMILES string of the molecule is CCOc1cccc(C2/C(=C(\O)c3ccc(OC)c(Cl)c3)C(=O)C(=O)N2c2ccc(C(C)C)cc2)c1. The molecule has 1 saturated heterocycles. The summed E-state index contributed by atoms with van der Waals surface area (Å²) in [5.74, 6) is -0.471. The Balaban J connectivity index is 1.91. The molecule has 0 spiro atoms. The van der Waals surface area contributed by atoms with Crippen molar-refractivity contribution < 1.29 is 24.2 Å². The van der Waals surface area contributed by atoms with Crippen molar-refractivity contribution in [3.8, 4) is 11.5 Å². The molecule has 1 fully saturated rings. The first-order valence-electron chi connectivity index (χ1n) is 11.7. The number of anilines is 1. The summed E-state index contributed by atoms with van der Waals surface area (Å²) in [5.41, 5.74) is 2.58. The molecule has 186 valence electrons. The van der Waals surface area contributed by atoms with Crippen LogP contribution in [0.5, 0.6) is 11.5 Å². The van der Waals surface area contributed by atoms with Gasteiger partial charge in [0, 0.05) is 11.3 Å². The van der Waals surface area contributed by atoms with Crippen LogP contribution in [0, 0.1) is 0 Å². The van der Waals surface area contributed by atoms with Crippen molar-refractivity contribution in [2.45, 2.75) is 32.7 Å². The number of Topliss-reactive ketones (excluding diaryl/α,β-unsaturated/α-hetero) is 1. The Morgan fingerprint density at radius 3 is 2.39 bits per heavy atom. The van der Waals surface area contributed by atoms with Crippen molar-refractivity contribution in [1.29, 1.82) is 0 Å². The van der Waals surface area contributed by atoms with Crippen molar-refractivity contribution in [2.75, 3.05) is 18.6 Å². The molecular weight excluding hydrogens is 478 g/mol. The van der Waals surface area contributed by atoms with Gasteiger partial charge in [0.15, 0.2) is 0 Å². The van der Waals surface area contributed by atoms with Crippen molar-refractivity contribution in [3.05, 3.63) is 94.0 Å². The molecule has 0 aliphatic carbocycles. The Hall–Kier alpha value is -3.77. The van der Waals surface area contributed by atoms with Crippen LogP contribution in [0.4, 0.5) is 5.69 Å². The fourth-order valence-electron chi connectivity index (χ4n) is 4.34. The van der Waals surface area contributed by atoms with Gasteiger partial charge in [-0.3, -0.25) is 14.5 Å². The zero-order chi connectivity index (χ0) is 26.0. The molecule has 36 heavy (non-hydrogen) atoms. The van der Waals surface area contributed by atoms with Crippen molar-refractivity contribution in [2.24, 2.45) is 0 Å². The summed E-state index contributed by atoms with van der Waals surface area (Å²) in [6.45, 7) is 6.51. The fraction of sp³-hybridized carbons (Fsp3) is 0.241. The van der Waals surface area contributed by atoms with E-state index in [4.69, 9.17) is 21.1 Å². The van der Waals surface area contributed by atoms with Gasteiger partial charge in [-0.1, -0.05) is 49.7 Å². The summed E-state index contributed by atoms with van der Waals surface area (Å²) in [5, 5.41) is 11.6. The number of halogens is 1. The minimum atomic E-state index is -0.865. The molecule has 7 heteroatoms. The van der Waals surface area contributed by atoms with Gasteiger partial charge in [-0.2, -0.15) is 0 Å². The smallest absolute Gasteiger partial charge is 0.300 e. The second-order valence-electron chi connectivity index (χ2n) is 8.77. The first-order valence-corrected chi connectivity index (χ1v) is 12.1. The maximum atomic E-state index is 13.4. The van der Waals surface area contributed by atoms with E-state index in [1.54, 1.807) is 30.3 Å². The highest BCUT2D eigenvalue weighted by molar-refractivity contribution is 6.51. The molecule has 0 aromatic heterocycles. The Morgan fingerprint density at radius 1 is 1.06 bits per heavy atom. The third-order valence-corrected chi connectivity index (χ3v) is 6.49. The van der Waals surface area contributed by atoms with Gasteiger partial charge in [0.1, 0.15) is 17.3 Å². The topological polar surface area (TPSA) is 76.1 Å². The van der Waals surface area contributed by atoms with Gasteiger partial charge in [-0.15, -0.1) is 0 Å². The average molecular weight is 506 g/mol. The number of ether oxygens (including phenoxy) is 2. The van der Waals surface area contributed by atoms with Crippen LogP contribution in [0.15, 0.2) is 72.3 Å². The number of amides is 1. The summed E-state index contributed by atoms with van der Waals surface area (Å²) in [6.07, 6.45) is 0. The molecule has 1 unspecified atom stereocenters. The van der Waals surface area contributed by atoms with Gasteiger partial charge in [-0.05, 0) is 66.4 Å². The van der Waals surface area contributed by atoms with Gasteiger partial charge in [0.25, 0.3) is 11.7 Å². The monoisotopic (exact) mass is 505 g/mol. The largest absolute Gasteiger partial charge is 0.507 e. The second-order valence-corrected chi connectivity index (χ2v) is 9.18. The van der Waals surface area contributed by atoms with Gasteiger partial charge in [-0.25, -0.2) is 0 Å². The Bertz CT molecular complexity index is 1330. The fourth-order valence-corrected chi connectivity index (χ4v) is 4.60. The molecule has 4 rings (SSSR count). The number of ketones is 1. The minimum absolute atomic E-state index is 0.0252. The number of aliphatic hydroxyl groups is 1. The first-order chi connectivity index (χ1) is 17.3. The highest BCUT2D eigenvalue weighted by Gasteiger charge is 2.47. The number of hydrogen-bond donors (Lipinski definition) is 1. The zero-order valence-corrected chi connectivity index (χ0v) is 21.4. The standard InChI is InChI=1S/C29H28ClNO5/c1-5-36-22-8-6-7-19(15-22)26-25(27(32)20-11-14-24(35-4)23(30)16-20)28(33)29(34)31(26)21-12-9-18(10-13-21)17(2)3/h6-17,26,32H,5H2,1-4H3/b27-25+. The molecule has 0 bridgehead atoms. The third-order valence-electron chi connectivity index (χ3n) is 6.19. The van der Waals surface area contributed by atoms with Crippen molar-refractivity contribution >= 4 is 34.7 Å². The lowest BCUT2D eigenvalue weighted by molar-refractivity contribution is -0.132. The molecule has 1 aliphatic heterocycles. The molecule has 1 N–H and O–H groups in total. The molecule has 0 radical (unpaired) electrons. The number of benzene rings is 3. The van der Waals surface area contributed by atoms with Crippen LogP contribution in [0.25, 0.3) is 5.76 Å². The predicted molar refractivity (Wildman–Crippen MR) is 141 cm³/mol. The Morgan fingerprint density at radius 2 is 1.78 bits per heavy atom. The van der Waals surface area contributed by atoms with E-state index >= 15 is 0 Å². The zero-order valence-electron chi connectivity index (χ0n) is 20.6. The summed E-state index contributed by atoms with van der Waals surface area (Å²) in [6, 6.07) is 18.6. The summed E-state index contributed by atoms with van der Waals surface area (Å²) < 4.78 is 10.9. The number of nitrogens with zero attached hydrogens (tertiary/aromatic N) is 1. The lowest BCUT2D eigenvalue weighted by atomic mass is 9.94. The van der Waals surface area contributed by atoms with Crippen LogP contribution in [-0.2, 0) is 9.59 Å². The van der Waals surface area contributed by atoms with E-state index in [2.05, 4.69) is 13.8 Å². The van der Waals surface area contributed by atoms with Crippen molar-refractivity contribution in [1.82, 2.24) is 0 Å². The Labute approximate surface area is 215 Å². The maximum Gasteiger partial charge on any atom is 0.300 e. The van der Waals surface area contributed by atoms with Gasteiger partial charge < -0.3 is 14.6 Å². The van der Waals surface area contributed by atoms with Crippen LogP contribution in [-0.4, -0.2) is 30.5 Å². The number of rotatable bonds is 7. The molecule has 1 amide bonds. The van der Waals surface area contributed by atoms with Crippen LogP contribution in [0.1, 0.15) is 49.4 Å². The number of carbonyl (C=O) groups excluding carboxylic acids is 2.